The maximum absolute atomic E-state index is 13.2. The Bertz CT molecular complexity index is 1460. The molecule has 0 atom stereocenters. The zero-order valence-corrected chi connectivity index (χ0v) is 21.8. The Hall–Kier alpha value is -4.44. The number of nitrogens with zero attached hydrogens (tertiary/aromatic N) is 2. The molecule has 0 saturated heterocycles. The van der Waals surface area contributed by atoms with Crippen LogP contribution in [-0.4, -0.2) is 37.1 Å². The normalized spacial score (nSPS) is 10.6. The number of hydrogen-bond donors (Lipinski definition) is 1. The molecule has 1 N–H and O–H groups in total. The number of nitro groups is 1. The molecule has 0 aliphatic rings. The molecule has 1 heterocycles. The number of methoxy groups -OCH3 is 3. The van der Waals surface area contributed by atoms with Crippen LogP contribution in [0.15, 0.2) is 54.6 Å². The maximum atomic E-state index is 13.2. The van der Waals surface area contributed by atoms with Gasteiger partial charge in [0.25, 0.3) is 11.6 Å². The van der Waals surface area contributed by atoms with Gasteiger partial charge in [0.1, 0.15) is 0 Å². The largest absolute Gasteiger partial charge is 0.493 e. The molecule has 0 saturated carbocycles. The summed E-state index contributed by atoms with van der Waals surface area (Å²) in [5, 5.41) is 14.4. The van der Waals surface area contributed by atoms with Crippen molar-refractivity contribution in [1.29, 1.82) is 0 Å². The highest BCUT2D eigenvalue weighted by atomic mass is 32.1. The smallest absolute Gasteiger partial charge is 0.269 e. The first-order valence-corrected chi connectivity index (χ1v) is 12.0. The summed E-state index contributed by atoms with van der Waals surface area (Å²) in [6.07, 6.45) is 0. The molecule has 1 amide bonds. The second kappa shape index (κ2) is 10.7. The monoisotopic (exact) mass is 519 g/mol. The van der Waals surface area contributed by atoms with Gasteiger partial charge >= 0.3 is 0 Å². The van der Waals surface area contributed by atoms with Crippen molar-refractivity contribution in [2.45, 2.75) is 13.8 Å². The Balaban J connectivity index is 1.76. The zero-order chi connectivity index (χ0) is 26.7. The Kier molecular flexibility index (Phi) is 7.40. The second-order valence-corrected chi connectivity index (χ2v) is 9.19. The number of anilines is 1. The van der Waals surface area contributed by atoms with E-state index >= 15 is 0 Å². The van der Waals surface area contributed by atoms with Crippen LogP contribution in [0.3, 0.4) is 0 Å². The van der Waals surface area contributed by atoms with Crippen LogP contribution in [0.2, 0.25) is 0 Å². The third-order valence-corrected chi connectivity index (χ3v) is 6.76. The Morgan fingerprint density at radius 3 is 2.14 bits per heavy atom. The van der Waals surface area contributed by atoms with Crippen molar-refractivity contribution < 1.29 is 23.9 Å². The molecule has 10 heteroatoms. The number of benzene rings is 3. The van der Waals surface area contributed by atoms with Gasteiger partial charge in [0.15, 0.2) is 16.6 Å². The minimum absolute atomic E-state index is 0.0111. The van der Waals surface area contributed by atoms with Gasteiger partial charge in [0.2, 0.25) is 5.75 Å². The van der Waals surface area contributed by atoms with Crippen LogP contribution in [-0.2, 0) is 0 Å². The van der Waals surface area contributed by atoms with Gasteiger partial charge in [0.05, 0.1) is 36.8 Å². The SMILES string of the molecule is COc1cc(C(=O)Nc2nc(-c3ccc([N+](=O)[O-])cc3)c(-c3ccc(C)cc3C)s2)cc(OC)c1OC. The number of aromatic nitrogens is 1. The number of ether oxygens (including phenoxy) is 3. The molecule has 0 bridgehead atoms. The summed E-state index contributed by atoms with van der Waals surface area (Å²) in [4.78, 5) is 29.4. The summed E-state index contributed by atoms with van der Waals surface area (Å²) in [5.41, 5.74) is 4.74. The number of carbonyl (C=O) groups excluding carboxylic acids is 1. The summed E-state index contributed by atoms with van der Waals surface area (Å²) < 4.78 is 16.1. The lowest BCUT2D eigenvalue weighted by molar-refractivity contribution is -0.384. The van der Waals surface area contributed by atoms with Crippen LogP contribution in [0.5, 0.6) is 17.2 Å². The molecule has 0 aliphatic heterocycles. The standard InChI is InChI=1S/C27H25N3O6S/c1-15-6-11-20(16(2)12-15)25-23(17-7-9-19(10-8-17)30(32)33)28-27(37-25)29-26(31)18-13-21(34-3)24(36-5)22(14-18)35-4/h6-14H,1-5H3,(H,28,29,31). The lowest BCUT2D eigenvalue weighted by Crippen LogP contribution is -2.12. The molecule has 9 nitrogen and oxygen atoms in total. The predicted octanol–water partition coefficient (Wildman–Crippen LogP) is 6.28. The number of amides is 1. The highest BCUT2D eigenvalue weighted by Crippen LogP contribution is 2.42. The first-order valence-electron chi connectivity index (χ1n) is 11.2. The van der Waals surface area contributed by atoms with Gasteiger partial charge in [-0.3, -0.25) is 20.2 Å². The van der Waals surface area contributed by atoms with E-state index in [1.165, 1.54) is 44.8 Å². The van der Waals surface area contributed by atoms with E-state index in [0.29, 0.717) is 39.2 Å². The van der Waals surface area contributed by atoms with Gasteiger partial charge < -0.3 is 14.2 Å². The van der Waals surface area contributed by atoms with E-state index in [1.807, 2.05) is 26.0 Å². The molecule has 4 aromatic rings. The highest BCUT2D eigenvalue weighted by molar-refractivity contribution is 7.19. The Morgan fingerprint density at radius 2 is 1.59 bits per heavy atom. The van der Waals surface area contributed by atoms with E-state index in [-0.39, 0.29) is 5.69 Å². The summed E-state index contributed by atoms with van der Waals surface area (Å²) in [5.74, 6) is 0.686. The van der Waals surface area contributed by atoms with E-state index in [2.05, 4.69) is 11.4 Å². The number of hydrogen-bond acceptors (Lipinski definition) is 8. The molecule has 0 unspecified atom stereocenters. The van der Waals surface area contributed by atoms with Gasteiger partial charge in [-0.25, -0.2) is 4.98 Å². The van der Waals surface area contributed by atoms with Crippen LogP contribution in [0.25, 0.3) is 21.7 Å². The van der Waals surface area contributed by atoms with Gasteiger partial charge in [0, 0.05) is 23.3 Å². The van der Waals surface area contributed by atoms with Crippen LogP contribution < -0.4 is 19.5 Å². The van der Waals surface area contributed by atoms with E-state index in [4.69, 9.17) is 19.2 Å². The minimum Gasteiger partial charge on any atom is -0.493 e. The summed E-state index contributed by atoms with van der Waals surface area (Å²) in [6, 6.07) is 15.4. The van der Waals surface area contributed by atoms with Crippen molar-refractivity contribution in [1.82, 2.24) is 4.98 Å². The van der Waals surface area contributed by atoms with Crippen molar-refractivity contribution in [2.75, 3.05) is 26.6 Å². The van der Waals surface area contributed by atoms with Crippen LogP contribution >= 0.6 is 11.3 Å². The quantitative estimate of drug-likeness (QED) is 0.215. The zero-order valence-electron chi connectivity index (χ0n) is 20.9. The lowest BCUT2D eigenvalue weighted by Gasteiger charge is -2.13. The molecule has 0 fully saturated rings. The number of thiazole rings is 1. The average molecular weight is 520 g/mol. The van der Waals surface area contributed by atoms with Gasteiger partial charge in [-0.2, -0.15) is 0 Å². The van der Waals surface area contributed by atoms with Crippen molar-refractivity contribution in [3.63, 3.8) is 0 Å². The Morgan fingerprint density at radius 1 is 0.946 bits per heavy atom. The topological polar surface area (TPSA) is 113 Å². The molecule has 0 radical (unpaired) electrons. The summed E-state index contributed by atoms with van der Waals surface area (Å²) in [7, 11) is 4.45. The molecule has 3 aromatic carbocycles. The van der Waals surface area contributed by atoms with E-state index in [0.717, 1.165) is 21.6 Å². The second-order valence-electron chi connectivity index (χ2n) is 8.19. The number of carbonyl (C=O) groups is 1. The number of rotatable bonds is 8. The van der Waals surface area contributed by atoms with Crippen molar-refractivity contribution in [2.24, 2.45) is 0 Å². The first-order chi connectivity index (χ1) is 17.7. The third-order valence-electron chi connectivity index (χ3n) is 5.75. The molecule has 0 aliphatic carbocycles. The van der Waals surface area contributed by atoms with Crippen molar-refractivity contribution in [3.8, 4) is 38.9 Å². The molecule has 190 valence electrons. The van der Waals surface area contributed by atoms with Gasteiger partial charge in [-0.1, -0.05) is 35.1 Å². The average Bonchev–Trinajstić information content (AvgIpc) is 3.30. The van der Waals surface area contributed by atoms with Gasteiger partial charge in [-0.15, -0.1) is 0 Å². The molecule has 37 heavy (non-hydrogen) atoms. The number of nitrogens with one attached hydrogen (secondary N) is 1. The fraction of sp³-hybridized carbons (Fsp3) is 0.185. The summed E-state index contributed by atoms with van der Waals surface area (Å²) >= 11 is 1.32. The fourth-order valence-corrected chi connectivity index (χ4v) is 5.02. The maximum Gasteiger partial charge on any atom is 0.269 e. The minimum atomic E-state index is -0.446. The third kappa shape index (κ3) is 5.24. The number of non-ortho nitro benzene ring substituents is 1. The molecule has 0 spiro atoms. The molecular weight excluding hydrogens is 494 g/mol. The first kappa shape index (κ1) is 25.6. The Labute approximate surface area is 217 Å². The molecule has 1 aromatic heterocycles. The van der Waals surface area contributed by atoms with E-state index in [1.54, 1.807) is 24.3 Å². The highest BCUT2D eigenvalue weighted by Gasteiger charge is 2.21. The lowest BCUT2D eigenvalue weighted by atomic mass is 10.0. The number of nitro benzene ring substituents is 1. The van der Waals surface area contributed by atoms with Crippen LogP contribution in [0.1, 0.15) is 21.5 Å². The van der Waals surface area contributed by atoms with Crippen molar-refractivity contribution >= 4 is 28.1 Å². The molecular formula is C27H25N3O6S. The van der Waals surface area contributed by atoms with Crippen LogP contribution in [0.4, 0.5) is 10.8 Å². The number of aryl methyl sites for hydroxylation is 2. The summed E-state index contributed by atoms with van der Waals surface area (Å²) in [6.45, 7) is 4.03. The fourth-order valence-electron chi connectivity index (χ4n) is 3.94. The molecule has 4 rings (SSSR count). The van der Waals surface area contributed by atoms with Crippen molar-refractivity contribution in [3.05, 3.63) is 81.4 Å². The van der Waals surface area contributed by atoms with E-state index < -0.39 is 10.8 Å². The predicted molar refractivity (Wildman–Crippen MR) is 143 cm³/mol. The van der Waals surface area contributed by atoms with Gasteiger partial charge in [-0.05, 0) is 49.2 Å². The van der Waals surface area contributed by atoms with Crippen LogP contribution in [0, 0.1) is 24.0 Å². The van der Waals surface area contributed by atoms with E-state index in [9.17, 15) is 14.9 Å².